The fourth-order valence-corrected chi connectivity index (χ4v) is 3.30. The molecule has 0 fully saturated rings. The Morgan fingerprint density at radius 2 is 1.88 bits per heavy atom. The Kier molecular flexibility index (Phi) is 5.32. The second-order valence-electron chi connectivity index (χ2n) is 7.32. The van der Waals surface area contributed by atoms with Crippen LogP contribution in [0.5, 0.6) is 0 Å². The number of aryl methyl sites for hydroxylation is 2. The molecule has 0 aliphatic carbocycles. The number of carbonyl (C=O) groups is 1. The third-order valence-corrected chi connectivity index (χ3v) is 5.03. The van der Waals surface area contributed by atoms with Crippen LogP contribution in [0.3, 0.4) is 0 Å². The van der Waals surface area contributed by atoms with Gasteiger partial charge in [-0.1, -0.05) is 12.1 Å². The summed E-state index contributed by atoms with van der Waals surface area (Å²) in [7, 11) is 1.52. The standard InChI is InChI=1S/C22H17F3N6O2/c1-11-6-7-14(28-19(32)12-4-3-5-13(8-12)22(23,24)25)9-15(11)17-20(33)31(2)18-16(29-17)10-27-21(26)30-18/h3-10H,1-2H3,(H,28,32)(H2,26,27,30). The average molecular weight is 454 g/mol. The van der Waals surface area contributed by atoms with Gasteiger partial charge in [-0.2, -0.15) is 18.2 Å². The van der Waals surface area contributed by atoms with Gasteiger partial charge < -0.3 is 11.1 Å². The predicted molar refractivity (Wildman–Crippen MR) is 117 cm³/mol. The van der Waals surface area contributed by atoms with Crippen LogP contribution in [0.15, 0.2) is 53.5 Å². The molecule has 0 aliphatic heterocycles. The number of halogens is 3. The molecule has 2 aromatic carbocycles. The number of carbonyl (C=O) groups excluding carboxylic acids is 1. The number of hydrogen-bond donors (Lipinski definition) is 2. The van der Waals surface area contributed by atoms with E-state index in [4.69, 9.17) is 5.73 Å². The zero-order valence-corrected chi connectivity index (χ0v) is 17.4. The highest BCUT2D eigenvalue weighted by Gasteiger charge is 2.31. The summed E-state index contributed by atoms with van der Waals surface area (Å²) in [4.78, 5) is 37.8. The molecule has 0 atom stereocenters. The molecule has 2 heterocycles. The van der Waals surface area contributed by atoms with Crippen LogP contribution >= 0.6 is 0 Å². The molecule has 3 N–H and O–H groups in total. The summed E-state index contributed by atoms with van der Waals surface area (Å²) in [6.45, 7) is 1.76. The van der Waals surface area contributed by atoms with Gasteiger partial charge in [0, 0.05) is 23.9 Å². The number of alkyl halides is 3. The molecule has 2 aromatic heterocycles. The van der Waals surface area contributed by atoms with Gasteiger partial charge in [-0.25, -0.2) is 9.97 Å². The maximum atomic E-state index is 13.0. The Hall–Kier alpha value is -4.28. The van der Waals surface area contributed by atoms with Gasteiger partial charge in [0.1, 0.15) is 11.2 Å². The molecule has 0 unspecified atom stereocenters. The first-order chi connectivity index (χ1) is 15.5. The molecule has 0 saturated carbocycles. The van der Waals surface area contributed by atoms with Crippen LogP contribution < -0.4 is 16.6 Å². The Bertz CT molecular complexity index is 1460. The molecule has 0 bridgehead atoms. The van der Waals surface area contributed by atoms with Crippen molar-refractivity contribution in [2.45, 2.75) is 13.1 Å². The highest BCUT2D eigenvalue weighted by Crippen LogP contribution is 2.30. The summed E-state index contributed by atoms with van der Waals surface area (Å²) in [5.74, 6) is -0.721. The fourth-order valence-electron chi connectivity index (χ4n) is 3.30. The fraction of sp³-hybridized carbons (Fsp3) is 0.136. The van der Waals surface area contributed by atoms with Gasteiger partial charge in [-0.15, -0.1) is 0 Å². The maximum Gasteiger partial charge on any atom is 0.416 e. The molecule has 0 radical (unpaired) electrons. The van der Waals surface area contributed by atoms with Gasteiger partial charge in [0.05, 0.1) is 11.8 Å². The van der Waals surface area contributed by atoms with E-state index in [-0.39, 0.29) is 28.5 Å². The van der Waals surface area contributed by atoms with Crippen LogP contribution in [0.1, 0.15) is 21.5 Å². The SMILES string of the molecule is Cc1ccc(NC(=O)c2cccc(C(F)(F)F)c2)cc1-c1nc2cnc(N)nc2n(C)c1=O. The van der Waals surface area contributed by atoms with Crippen molar-refractivity contribution in [3.63, 3.8) is 0 Å². The van der Waals surface area contributed by atoms with E-state index in [1.165, 1.54) is 29.9 Å². The average Bonchev–Trinajstić information content (AvgIpc) is 2.77. The summed E-state index contributed by atoms with van der Waals surface area (Å²) in [5, 5.41) is 2.57. The minimum atomic E-state index is -4.57. The van der Waals surface area contributed by atoms with Crippen LogP contribution in [-0.4, -0.2) is 25.4 Å². The number of nitrogen functional groups attached to an aromatic ring is 1. The maximum absolute atomic E-state index is 13.0. The summed E-state index contributed by atoms with van der Waals surface area (Å²) < 4.78 is 40.2. The molecule has 0 spiro atoms. The zero-order chi connectivity index (χ0) is 23.9. The topological polar surface area (TPSA) is 116 Å². The van der Waals surface area contributed by atoms with Crippen LogP contribution in [0, 0.1) is 6.92 Å². The normalized spacial score (nSPS) is 11.5. The van der Waals surface area contributed by atoms with E-state index in [1.54, 1.807) is 19.1 Å². The van der Waals surface area contributed by atoms with Crippen molar-refractivity contribution in [2.24, 2.45) is 7.05 Å². The first-order valence-electron chi connectivity index (χ1n) is 9.63. The van der Waals surface area contributed by atoms with Crippen molar-refractivity contribution in [1.82, 2.24) is 19.5 Å². The van der Waals surface area contributed by atoms with Gasteiger partial charge in [-0.05, 0) is 42.8 Å². The van der Waals surface area contributed by atoms with E-state index < -0.39 is 23.2 Å². The van der Waals surface area contributed by atoms with Gasteiger partial charge in [0.25, 0.3) is 11.5 Å². The quantitative estimate of drug-likeness (QED) is 0.489. The molecule has 0 aliphatic rings. The zero-order valence-electron chi connectivity index (χ0n) is 17.4. The summed E-state index contributed by atoms with van der Waals surface area (Å²) >= 11 is 0. The van der Waals surface area contributed by atoms with Crippen molar-refractivity contribution < 1.29 is 18.0 Å². The molecule has 33 heavy (non-hydrogen) atoms. The van der Waals surface area contributed by atoms with Crippen LogP contribution in [0.2, 0.25) is 0 Å². The number of anilines is 2. The van der Waals surface area contributed by atoms with E-state index in [0.717, 1.165) is 18.2 Å². The number of benzene rings is 2. The van der Waals surface area contributed by atoms with E-state index in [9.17, 15) is 22.8 Å². The van der Waals surface area contributed by atoms with E-state index in [2.05, 4.69) is 20.3 Å². The van der Waals surface area contributed by atoms with Crippen molar-refractivity contribution in [3.05, 3.63) is 75.7 Å². The van der Waals surface area contributed by atoms with Crippen LogP contribution in [-0.2, 0) is 13.2 Å². The van der Waals surface area contributed by atoms with Crippen molar-refractivity contribution in [3.8, 4) is 11.3 Å². The molecule has 168 valence electrons. The van der Waals surface area contributed by atoms with Crippen molar-refractivity contribution in [2.75, 3.05) is 11.1 Å². The number of fused-ring (bicyclic) bond motifs is 1. The summed E-state index contributed by atoms with van der Waals surface area (Å²) in [6.07, 6.45) is -3.17. The minimum absolute atomic E-state index is 0.00235. The van der Waals surface area contributed by atoms with E-state index >= 15 is 0 Å². The number of rotatable bonds is 3. The first-order valence-corrected chi connectivity index (χ1v) is 9.63. The lowest BCUT2D eigenvalue weighted by Crippen LogP contribution is -2.22. The van der Waals surface area contributed by atoms with E-state index in [0.29, 0.717) is 16.6 Å². The Labute approximate surface area is 184 Å². The highest BCUT2D eigenvalue weighted by molar-refractivity contribution is 6.04. The third-order valence-electron chi connectivity index (χ3n) is 5.03. The Balaban J connectivity index is 1.73. The number of aromatic nitrogens is 4. The molecular weight excluding hydrogens is 437 g/mol. The summed E-state index contributed by atoms with van der Waals surface area (Å²) in [5.41, 5.74) is 6.23. The Morgan fingerprint density at radius 3 is 2.61 bits per heavy atom. The lowest BCUT2D eigenvalue weighted by atomic mass is 10.0. The lowest BCUT2D eigenvalue weighted by molar-refractivity contribution is -0.137. The second kappa shape index (κ2) is 8.01. The number of nitrogens with two attached hydrogens (primary N) is 1. The monoisotopic (exact) mass is 454 g/mol. The van der Waals surface area contributed by atoms with Crippen LogP contribution in [0.4, 0.5) is 24.8 Å². The second-order valence-corrected chi connectivity index (χ2v) is 7.32. The van der Waals surface area contributed by atoms with Gasteiger partial charge in [0.2, 0.25) is 5.95 Å². The third kappa shape index (κ3) is 4.25. The number of nitrogens with one attached hydrogen (secondary N) is 1. The van der Waals surface area contributed by atoms with Gasteiger partial charge >= 0.3 is 6.18 Å². The Morgan fingerprint density at radius 1 is 1.12 bits per heavy atom. The lowest BCUT2D eigenvalue weighted by Gasteiger charge is -2.12. The predicted octanol–water partition coefficient (Wildman–Crippen LogP) is 3.55. The molecule has 4 rings (SSSR count). The number of amides is 1. The molecular formula is C22H17F3N6O2. The first kappa shape index (κ1) is 21.9. The smallest absolute Gasteiger partial charge is 0.368 e. The number of hydrogen-bond acceptors (Lipinski definition) is 6. The largest absolute Gasteiger partial charge is 0.416 e. The van der Waals surface area contributed by atoms with Crippen LogP contribution in [0.25, 0.3) is 22.4 Å². The van der Waals surface area contributed by atoms with Gasteiger partial charge in [0.15, 0.2) is 5.65 Å². The van der Waals surface area contributed by atoms with Crippen molar-refractivity contribution >= 4 is 28.7 Å². The van der Waals surface area contributed by atoms with Gasteiger partial charge in [-0.3, -0.25) is 14.2 Å². The molecule has 8 nitrogen and oxygen atoms in total. The highest BCUT2D eigenvalue weighted by atomic mass is 19.4. The molecule has 1 amide bonds. The molecule has 11 heteroatoms. The van der Waals surface area contributed by atoms with E-state index in [1.807, 2.05) is 0 Å². The molecule has 4 aromatic rings. The van der Waals surface area contributed by atoms with Crippen molar-refractivity contribution in [1.29, 1.82) is 0 Å². The molecule has 0 saturated heterocycles. The summed E-state index contributed by atoms with van der Waals surface area (Å²) in [6, 6.07) is 8.90. The minimum Gasteiger partial charge on any atom is -0.368 e. The number of nitrogens with zero attached hydrogens (tertiary/aromatic N) is 4.